The van der Waals surface area contributed by atoms with Crippen LogP contribution in [0.2, 0.25) is 0 Å². The minimum atomic E-state index is -2.97. The van der Waals surface area contributed by atoms with Gasteiger partial charge in [0, 0.05) is 11.0 Å². The zero-order valence-corrected chi connectivity index (χ0v) is 35.0. The average Bonchev–Trinajstić information content (AvgIpc) is 3.88. The molecule has 6 aromatic rings. The summed E-state index contributed by atoms with van der Waals surface area (Å²) in [6.45, 7) is 4.42. The van der Waals surface area contributed by atoms with Crippen LogP contribution in [0.15, 0.2) is 120 Å². The Morgan fingerprint density at radius 3 is 2.03 bits per heavy atom. The van der Waals surface area contributed by atoms with Gasteiger partial charge in [0.2, 0.25) is 5.95 Å². The molecule has 1 unspecified atom stereocenters. The number of H-pyrrole nitrogens is 1. The monoisotopic (exact) mass is 850 g/mol. The summed E-state index contributed by atoms with van der Waals surface area (Å²) >= 11 is 0. The van der Waals surface area contributed by atoms with E-state index in [1.165, 1.54) is 10.9 Å². The normalized spacial score (nSPS) is 16.8. The predicted molar refractivity (Wildman–Crippen MR) is 224 cm³/mol. The van der Waals surface area contributed by atoms with Crippen LogP contribution in [-0.4, -0.2) is 71.0 Å². The third kappa shape index (κ3) is 9.63. The van der Waals surface area contributed by atoms with Crippen molar-refractivity contribution in [2.24, 2.45) is 5.41 Å². The maximum atomic E-state index is 13.4. The first-order valence-electron chi connectivity index (χ1n) is 19.3. The van der Waals surface area contributed by atoms with Gasteiger partial charge in [0.25, 0.3) is 11.5 Å². The van der Waals surface area contributed by atoms with Gasteiger partial charge in [-0.05, 0) is 73.9 Å². The highest BCUT2D eigenvalue weighted by Gasteiger charge is 2.48. The largest absolute Gasteiger partial charge is 0.753 e. The molecule has 0 spiro atoms. The van der Waals surface area contributed by atoms with Crippen LogP contribution in [0.3, 0.4) is 0 Å². The van der Waals surface area contributed by atoms with Crippen LogP contribution in [0.25, 0.3) is 11.2 Å². The lowest BCUT2D eigenvalue weighted by molar-refractivity contribution is -0.143. The Hall–Kier alpha value is -6.45. The summed E-state index contributed by atoms with van der Waals surface area (Å²) in [5.74, 6) is 0.359. The molecule has 0 radical (unpaired) electrons. The standard InChI is InChI=1S/C44H44N5O11P/c1-43(2,3)41(52)60-61(53)59-34-24-37(49-27-45-38-39(49)47-42(48-40(38)51)46-36(50)26-56-33-14-10-7-11-15-33)58-35(34)25-57-44(28-12-8-6-9-13-28,29-16-20-31(54-4)21-17-29)30-18-22-32(55-5)23-19-30/h6-23,27,34-35,37H,24-26H2,1-5H3,(H-,46,47,48,50,51)/p+1/t34-,35+,37+/m0/s1. The van der Waals surface area contributed by atoms with Crippen molar-refractivity contribution in [2.75, 3.05) is 32.8 Å². The number of hydrogen-bond donors (Lipinski definition) is 2. The molecule has 61 heavy (non-hydrogen) atoms. The summed E-state index contributed by atoms with van der Waals surface area (Å²) in [6, 6.07) is 33.4. The van der Waals surface area contributed by atoms with Crippen molar-refractivity contribution in [1.82, 2.24) is 19.5 Å². The van der Waals surface area contributed by atoms with Crippen LogP contribution in [0, 0.1) is 5.41 Å². The summed E-state index contributed by atoms with van der Waals surface area (Å²) in [5.41, 5.74) is -0.441. The number of para-hydroxylation sites is 1. The molecule has 17 heteroatoms. The molecule has 4 aromatic carbocycles. The number of benzene rings is 4. The van der Waals surface area contributed by atoms with Crippen molar-refractivity contribution in [3.8, 4) is 17.2 Å². The second kappa shape index (κ2) is 18.4. The summed E-state index contributed by atoms with van der Waals surface area (Å²) in [6.07, 6.45) is -1.40. The molecule has 2 N–H and O–H groups in total. The van der Waals surface area contributed by atoms with E-state index in [-0.39, 0.29) is 36.7 Å². The van der Waals surface area contributed by atoms with E-state index in [1.807, 2.05) is 84.9 Å². The molecule has 1 amide bonds. The minimum absolute atomic E-state index is 0.0217. The second-order valence-electron chi connectivity index (χ2n) is 15.1. The van der Waals surface area contributed by atoms with Crippen LogP contribution in [0.5, 0.6) is 17.2 Å². The molecule has 0 saturated carbocycles. The van der Waals surface area contributed by atoms with Crippen molar-refractivity contribution < 1.29 is 46.9 Å². The zero-order chi connectivity index (χ0) is 43.1. The van der Waals surface area contributed by atoms with Crippen LogP contribution in [0.4, 0.5) is 5.95 Å². The summed E-state index contributed by atoms with van der Waals surface area (Å²) in [7, 11) is 0.204. The van der Waals surface area contributed by atoms with Crippen LogP contribution >= 0.6 is 8.25 Å². The van der Waals surface area contributed by atoms with E-state index in [2.05, 4.69) is 20.3 Å². The number of ether oxygens (including phenoxy) is 5. The van der Waals surface area contributed by atoms with Gasteiger partial charge in [-0.1, -0.05) is 72.8 Å². The number of rotatable bonds is 16. The molecule has 316 valence electrons. The summed E-state index contributed by atoms with van der Waals surface area (Å²) < 4.78 is 56.3. The number of anilines is 1. The molecule has 0 aliphatic carbocycles. The molecule has 1 fully saturated rings. The predicted octanol–water partition coefficient (Wildman–Crippen LogP) is 7.08. The molecule has 4 atom stereocenters. The molecule has 1 aliphatic rings. The fourth-order valence-electron chi connectivity index (χ4n) is 6.78. The molecule has 1 saturated heterocycles. The van der Waals surface area contributed by atoms with Gasteiger partial charge in [0.05, 0.1) is 32.6 Å². The highest BCUT2D eigenvalue weighted by atomic mass is 31.1. The van der Waals surface area contributed by atoms with E-state index in [0.717, 1.165) is 16.7 Å². The maximum Gasteiger partial charge on any atom is 0.753 e. The number of amides is 1. The van der Waals surface area contributed by atoms with E-state index in [4.69, 9.17) is 32.7 Å². The molecule has 3 heterocycles. The number of methoxy groups -OCH3 is 2. The zero-order valence-electron chi connectivity index (χ0n) is 34.1. The molecule has 7 rings (SSSR count). The van der Waals surface area contributed by atoms with Crippen molar-refractivity contribution in [3.63, 3.8) is 0 Å². The molecule has 1 aliphatic heterocycles. The number of carbonyl (C=O) groups is 2. The number of nitrogens with one attached hydrogen (secondary N) is 2. The van der Waals surface area contributed by atoms with Crippen molar-refractivity contribution in [3.05, 3.63) is 143 Å². The van der Waals surface area contributed by atoms with Crippen LogP contribution < -0.4 is 25.1 Å². The quantitative estimate of drug-likeness (QED) is 0.0743. The van der Waals surface area contributed by atoms with E-state index in [0.29, 0.717) is 17.2 Å². The molecule has 2 aromatic heterocycles. The van der Waals surface area contributed by atoms with Gasteiger partial charge in [-0.3, -0.25) is 24.5 Å². The first-order valence-corrected chi connectivity index (χ1v) is 20.4. The lowest BCUT2D eigenvalue weighted by Crippen LogP contribution is -2.38. The van der Waals surface area contributed by atoms with Crippen LogP contribution in [0.1, 0.15) is 50.1 Å². The topological polar surface area (TPSA) is 191 Å². The van der Waals surface area contributed by atoms with Crippen LogP contribution in [-0.2, 0) is 38.3 Å². The number of imidazole rings is 1. The first-order chi connectivity index (χ1) is 29.4. The Balaban J connectivity index is 1.22. The van der Waals surface area contributed by atoms with E-state index in [1.54, 1.807) is 59.3 Å². The van der Waals surface area contributed by atoms with Gasteiger partial charge < -0.3 is 23.7 Å². The number of hydrogen-bond acceptors (Lipinski definition) is 13. The third-order valence-electron chi connectivity index (χ3n) is 9.92. The smallest absolute Gasteiger partial charge is 0.497 e. The molecule has 16 nitrogen and oxygen atoms in total. The highest BCUT2D eigenvalue weighted by Crippen LogP contribution is 2.44. The number of aromatic nitrogens is 4. The molecule has 0 bridgehead atoms. The van der Waals surface area contributed by atoms with E-state index < -0.39 is 55.1 Å². The van der Waals surface area contributed by atoms with Gasteiger partial charge in [-0.25, -0.2) is 9.78 Å². The Kier molecular flexibility index (Phi) is 12.9. The average molecular weight is 851 g/mol. The van der Waals surface area contributed by atoms with Gasteiger partial charge >= 0.3 is 14.2 Å². The third-order valence-corrected chi connectivity index (χ3v) is 10.7. The van der Waals surface area contributed by atoms with Gasteiger partial charge in [0.15, 0.2) is 17.8 Å². The van der Waals surface area contributed by atoms with Crippen molar-refractivity contribution >= 4 is 37.2 Å². The number of nitrogens with zero attached hydrogens (tertiary/aromatic N) is 3. The summed E-state index contributed by atoms with van der Waals surface area (Å²) in [4.78, 5) is 50.1. The maximum absolute atomic E-state index is 13.4. The Bertz CT molecular complexity index is 2480. The fraction of sp³-hybridized carbons (Fsp3) is 0.295. The first kappa shape index (κ1) is 42.7. The van der Waals surface area contributed by atoms with Crippen molar-refractivity contribution in [2.45, 2.75) is 51.2 Å². The van der Waals surface area contributed by atoms with E-state index >= 15 is 0 Å². The number of carbonyl (C=O) groups excluding carboxylic acids is 2. The Morgan fingerprint density at radius 2 is 1.44 bits per heavy atom. The number of aromatic amines is 1. The second-order valence-corrected chi connectivity index (χ2v) is 15.9. The van der Waals surface area contributed by atoms with Gasteiger partial charge in [-0.2, -0.15) is 9.51 Å². The summed E-state index contributed by atoms with van der Waals surface area (Å²) in [5, 5.41) is 2.56. The minimum Gasteiger partial charge on any atom is -0.497 e. The van der Waals surface area contributed by atoms with Crippen molar-refractivity contribution in [1.29, 1.82) is 0 Å². The van der Waals surface area contributed by atoms with Gasteiger partial charge in [-0.15, -0.1) is 4.52 Å². The lowest BCUT2D eigenvalue weighted by atomic mass is 9.80. The molecular formula is C44H45N5O11P+. The SMILES string of the molecule is COc1ccc(C(OC[C@H]2O[C@@H](n3cnc4c(=O)[nH]c(NC(=O)COc5ccccc5)nc43)C[C@@H]2O[P+](=O)OC(=O)C(C)(C)C)(c2ccccc2)c2ccc(OC)cc2)cc1. The Labute approximate surface area is 352 Å². The number of fused-ring (bicyclic) bond motifs is 1. The fourth-order valence-corrected chi connectivity index (χ4v) is 7.68. The van der Waals surface area contributed by atoms with Gasteiger partial charge in [0.1, 0.15) is 41.3 Å². The Morgan fingerprint density at radius 1 is 0.852 bits per heavy atom. The highest BCUT2D eigenvalue weighted by molar-refractivity contribution is 7.34. The lowest BCUT2D eigenvalue weighted by Gasteiger charge is -2.37. The molecular weight excluding hydrogens is 805 g/mol. The van der Waals surface area contributed by atoms with E-state index in [9.17, 15) is 18.9 Å².